The molecule has 0 saturated carbocycles. The molecule has 1 fully saturated rings. The third-order valence-corrected chi connectivity index (χ3v) is 3.75. The molecule has 1 aliphatic heterocycles. The molecule has 5 heteroatoms. The van der Waals surface area contributed by atoms with Gasteiger partial charge in [-0.15, -0.1) is 0 Å². The van der Waals surface area contributed by atoms with Crippen LogP contribution in [0.15, 0.2) is 22.7 Å². The van der Waals surface area contributed by atoms with Gasteiger partial charge >= 0.3 is 0 Å². The van der Waals surface area contributed by atoms with E-state index < -0.39 is 0 Å². The van der Waals surface area contributed by atoms with Crippen LogP contribution < -0.4 is 5.32 Å². The molecule has 98 valence electrons. The van der Waals surface area contributed by atoms with E-state index in [9.17, 15) is 9.90 Å². The smallest absolute Gasteiger partial charge is 0.257 e. The minimum Gasteiger partial charge on any atom is -0.507 e. The molecule has 1 amide bonds. The monoisotopic (exact) mass is 312 g/mol. The molecule has 1 atom stereocenters. The van der Waals surface area contributed by atoms with Crippen LogP contribution in [0.3, 0.4) is 0 Å². The van der Waals surface area contributed by atoms with Gasteiger partial charge in [-0.1, -0.05) is 15.9 Å². The van der Waals surface area contributed by atoms with Crippen LogP contribution in [0.5, 0.6) is 5.75 Å². The van der Waals surface area contributed by atoms with Crippen molar-refractivity contribution in [3.63, 3.8) is 0 Å². The Morgan fingerprint density at radius 3 is 3.11 bits per heavy atom. The lowest BCUT2D eigenvalue weighted by Crippen LogP contribution is -2.30. The maximum Gasteiger partial charge on any atom is 0.257 e. The molecule has 1 aromatic rings. The molecule has 2 N–H and O–H groups in total. The Labute approximate surface area is 115 Å². The summed E-state index contributed by atoms with van der Waals surface area (Å²) < 4.78 is 0.801. The van der Waals surface area contributed by atoms with E-state index in [1.54, 1.807) is 18.2 Å². The van der Waals surface area contributed by atoms with Crippen molar-refractivity contribution in [2.45, 2.75) is 6.42 Å². The molecule has 2 rings (SSSR count). The second kappa shape index (κ2) is 5.71. The van der Waals surface area contributed by atoms with Gasteiger partial charge in [0.15, 0.2) is 0 Å². The predicted molar refractivity (Wildman–Crippen MR) is 73.7 cm³/mol. The van der Waals surface area contributed by atoms with Crippen molar-refractivity contribution in [3.8, 4) is 5.75 Å². The Morgan fingerprint density at radius 1 is 1.61 bits per heavy atom. The third kappa shape index (κ3) is 2.84. The highest BCUT2D eigenvalue weighted by Crippen LogP contribution is 2.25. The highest BCUT2D eigenvalue weighted by atomic mass is 79.9. The molecule has 0 aromatic heterocycles. The zero-order valence-electron chi connectivity index (χ0n) is 10.3. The van der Waals surface area contributed by atoms with E-state index in [2.05, 4.69) is 21.2 Å². The molecular formula is C13H17BrN2O2. The summed E-state index contributed by atoms with van der Waals surface area (Å²) in [7, 11) is 1.92. The second-order valence-electron chi connectivity index (χ2n) is 4.63. The summed E-state index contributed by atoms with van der Waals surface area (Å²) in [5.74, 6) is 0.459. The van der Waals surface area contributed by atoms with Crippen LogP contribution in [0.1, 0.15) is 16.8 Å². The molecule has 0 aliphatic carbocycles. The van der Waals surface area contributed by atoms with E-state index in [1.807, 2.05) is 11.9 Å². The van der Waals surface area contributed by atoms with Crippen LogP contribution in [-0.4, -0.2) is 42.6 Å². The van der Waals surface area contributed by atoms with Crippen molar-refractivity contribution in [2.75, 3.05) is 26.7 Å². The zero-order chi connectivity index (χ0) is 13.1. The fraction of sp³-hybridized carbons (Fsp3) is 0.462. The number of likely N-dealkylation sites (tertiary alicyclic amines) is 1. The maximum atomic E-state index is 12.3. The first kappa shape index (κ1) is 13.4. The second-order valence-corrected chi connectivity index (χ2v) is 5.54. The Balaban J connectivity index is 2.10. The molecule has 0 radical (unpaired) electrons. The minimum absolute atomic E-state index is 0.0419. The molecule has 1 aromatic carbocycles. The van der Waals surface area contributed by atoms with Crippen molar-refractivity contribution in [2.24, 2.45) is 5.92 Å². The van der Waals surface area contributed by atoms with Crippen LogP contribution >= 0.6 is 15.9 Å². The molecule has 1 unspecified atom stereocenters. The molecule has 18 heavy (non-hydrogen) atoms. The number of halogens is 1. The average molecular weight is 313 g/mol. The lowest BCUT2D eigenvalue weighted by Gasteiger charge is -2.17. The third-order valence-electron chi connectivity index (χ3n) is 3.25. The minimum atomic E-state index is -0.0904. The number of carbonyl (C=O) groups excluding carboxylic acids is 1. The molecular weight excluding hydrogens is 296 g/mol. The van der Waals surface area contributed by atoms with Crippen LogP contribution in [0.25, 0.3) is 0 Å². The summed E-state index contributed by atoms with van der Waals surface area (Å²) in [6, 6.07) is 4.93. The Bertz CT molecular complexity index is 451. The van der Waals surface area contributed by atoms with Gasteiger partial charge in [0.2, 0.25) is 0 Å². The standard InChI is InChI=1S/C13H17BrN2O2/c1-15-7-9-4-5-16(8-9)13(18)11-6-10(14)2-3-12(11)17/h2-3,6,9,15,17H,4-5,7-8H2,1H3. The summed E-state index contributed by atoms with van der Waals surface area (Å²) in [5.41, 5.74) is 0.370. The van der Waals surface area contributed by atoms with E-state index in [0.717, 1.165) is 30.5 Å². The molecule has 0 spiro atoms. The Morgan fingerprint density at radius 2 is 2.39 bits per heavy atom. The summed E-state index contributed by atoms with van der Waals surface area (Å²) >= 11 is 3.32. The molecule has 0 bridgehead atoms. The number of phenolic OH excluding ortho intramolecular Hbond substituents is 1. The number of nitrogens with zero attached hydrogens (tertiary/aromatic N) is 1. The highest BCUT2D eigenvalue weighted by molar-refractivity contribution is 9.10. The Kier molecular flexibility index (Phi) is 4.24. The summed E-state index contributed by atoms with van der Waals surface area (Å²) in [6.45, 7) is 2.44. The first-order valence-electron chi connectivity index (χ1n) is 6.04. The fourth-order valence-corrected chi connectivity index (χ4v) is 2.68. The number of hydrogen-bond donors (Lipinski definition) is 2. The molecule has 1 saturated heterocycles. The summed E-state index contributed by atoms with van der Waals surface area (Å²) in [5, 5.41) is 12.9. The van der Waals surface area contributed by atoms with Gasteiger partial charge in [-0.05, 0) is 44.1 Å². The van der Waals surface area contributed by atoms with E-state index in [0.29, 0.717) is 11.5 Å². The number of benzene rings is 1. The van der Waals surface area contributed by atoms with E-state index in [4.69, 9.17) is 0 Å². The van der Waals surface area contributed by atoms with Crippen molar-refractivity contribution < 1.29 is 9.90 Å². The predicted octanol–water partition coefficient (Wildman–Crippen LogP) is 1.84. The van der Waals surface area contributed by atoms with E-state index >= 15 is 0 Å². The number of rotatable bonds is 3. The first-order valence-corrected chi connectivity index (χ1v) is 6.83. The van der Waals surface area contributed by atoms with E-state index in [1.165, 1.54) is 0 Å². The normalized spacial score (nSPS) is 19.2. The first-order chi connectivity index (χ1) is 8.61. The number of aromatic hydroxyl groups is 1. The Hall–Kier alpha value is -1.07. The molecule has 1 aliphatic rings. The summed E-state index contributed by atoms with van der Waals surface area (Å²) in [4.78, 5) is 14.1. The van der Waals surface area contributed by atoms with Crippen molar-refractivity contribution in [3.05, 3.63) is 28.2 Å². The average Bonchev–Trinajstić information content (AvgIpc) is 2.80. The van der Waals surface area contributed by atoms with Gasteiger partial charge in [0.25, 0.3) is 5.91 Å². The highest BCUT2D eigenvalue weighted by Gasteiger charge is 2.27. The van der Waals surface area contributed by atoms with Gasteiger partial charge in [0.1, 0.15) is 5.75 Å². The zero-order valence-corrected chi connectivity index (χ0v) is 11.9. The topological polar surface area (TPSA) is 52.6 Å². The summed E-state index contributed by atoms with van der Waals surface area (Å²) in [6.07, 6.45) is 1.02. The lowest BCUT2D eigenvalue weighted by molar-refractivity contribution is 0.0784. The van der Waals surface area contributed by atoms with Crippen molar-refractivity contribution >= 4 is 21.8 Å². The lowest BCUT2D eigenvalue weighted by atomic mass is 10.1. The van der Waals surface area contributed by atoms with Crippen LogP contribution in [0.4, 0.5) is 0 Å². The molecule has 4 nitrogen and oxygen atoms in total. The van der Waals surface area contributed by atoms with Gasteiger partial charge in [-0.25, -0.2) is 0 Å². The van der Waals surface area contributed by atoms with Crippen LogP contribution in [0, 0.1) is 5.92 Å². The quantitative estimate of drug-likeness (QED) is 0.895. The number of hydrogen-bond acceptors (Lipinski definition) is 3. The van der Waals surface area contributed by atoms with Gasteiger partial charge in [0.05, 0.1) is 5.56 Å². The maximum absolute atomic E-state index is 12.3. The van der Waals surface area contributed by atoms with Gasteiger partial charge in [0, 0.05) is 17.6 Å². The van der Waals surface area contributed by atoms with Crippen molar-refractivity contribution in [1.29, 1.82) is 0 Å². The molecule has 1 heterocycles. The number of carbonyl (C=O) groups is 1. The SMILES string of the molecule is CNCC1CCN(C(=O)c2cc(Br)ccc2O)C1. The number of amides is 1. The number of phenols is 1. The van der Waals surface area contributed by atoms with Crippen molar-refractivity contribution in [1.82, 2.24) is 10.2 Å². The van der Waals surface area contributed by atoms with Gasteiger partial charge < -0.3 is 15.3 Å². The number of nitrogens with one attached hydrogen (secondary N) is 1. The van der Waals surface area contributed by atoms with Gasteiger partial charge in [-0.2, -0.15) is 0 Å². The largest absolute Gasteiger partial charge is 0.507 e. The van der Waals surface area contributed by atoms with Gasteiger partial charge in [-0.3, -0.25) is 4.79 Å². The van der Waals surface area contributed by atoms with Crippen LogP contribution in [0.2, 0.25) is 0 Å². The van der Waals surface area contributed by atoms with Crippen LogP contribution in [-0.2, 0) is 0 Å². The fourth-order valence-electron chi connectivity index (χ4n) is 2.32. The van der Waals surface area contributed by atoms with E-state index in [-0.39, 0.29) is 11.7 Å².